The van der Waals surface area contributed by atoms with Crippen molar-refractivity contribution in [1.82, 2.24) is 9.97 Å². The van der Waals surface area contributed by atoms with Crippen LogP contribution in [0.4, 0.5) is 0 Å². The lowest BCUT2D eigenvalue weighted by molar-refractivity contribution is 0.478. The molecule has 0 aliphatic heterocycles. The van der Waals surface area contributed by atoms with Crippen LogP contribution >= 0.6 is 11.3 Å². The van der Waals surface area contributed by atoms with E-state index in [4.69, 9.17) is 5.26 Å². The smallest absolute Gasteiger partial charge is 0.266 e. The molecule has 3 heterocycles. The maximum absolute atomic E-state index is 12.2. The Labute approximate surface area is 146 Å². The van der Waals surface area contributed by atoms with Crippen LogP contribution < -0.4 is 5.56 Å². The molecule has 5 nitrogen and oxygen atoms in total. The number of aromatic amines is 1. The predicted molar refractivity (Wildman–Crippen MR) is 98.9 cm³/mol. The number of aromatic hydroxyl groups is 1. The van der Waals surface area contributed by atoms with E-state index < -0.39 is 0 Å². The molecule has 6 heteroatoms. The van der Waals surface area contributed by atoms with Crippen LogP contribution in [0.2, 0.25) is 0 Å². The molecule has 0 bridgehead atoms. The van der Waals surface area contributed by atoms with Crippen molar-refractivity contribution in [3.8, 4) is 22.9 Å². The quantitative estimate of drug-likeness (QED) is 0.570. The Hall–Kier alpha value is -3.17. The SMILES string of the molecule is CC(C#N)c1ccc(-c2c(O)ccc3[nH]c(=O)c4sccc4c23)cn1. The third-order valence-corrected chi connectivity index (χ3v) is 5.20. The van der Waals surface area contributed by atoms with E-state index in [9.17, 15) is 9.90 Å². The minimum atomic E-state index is -0.296. The van der Waals surface area contributed by atoms with Gasteiger partial charge in [-0.1, -0.05) is 6.07 Å². The van der Waals surface area contributed by atoms with Gasteiger partial charge in [-0.25, -0.2) is 0 Å². The van der Waals surface area contributed by atoms with E-state index >= 15 is 0 Å². The number of nitrogens with zero attached hydrogens (tertiary/aromatic N) is 2. The van der Waals surface area contributed by atoms with Crippen LogP contribution in [0.15, 0.2) is 46.7 Å². The van der Waals surface area contributed by atoms with Crippen molar-refractivity contribution in [2.45, 2.75) is 12.8 Å². The van der Waals surface area contributed by atoms with Gasteiger partial charge in [0.2, 0.25) is 0 Å². The second-order valence-electron chi connectivity index (χ2n) is 5.82. The van der Waals surface area contributed by atoms with Crippen molar-refractivity contribution < 1.29 is 5.11 Å². The third-order valence-electron chi connectivity index (χ3n) is 4.28. The van der Waals surface area contributed by atoms with E-state index in [0.717, 1.165) is 16.3 Å². The van der Waals surface area contributed by atoms with Gasteiger partial charge >= 0.3 is 0 Å². The van der Waals surface area contributed by atoms with Crippen LogP contribution in [-0.4, -0.2) is 15.1 Å². The van der Waals surface area contributed by atoms with Gasteiger partial charge in [-0.2, -0.15) is 5.26 Å². The summed E-state index contributed by atoms with van der Waals surface area (Å²) >= 11 is 1.37. The first-order chi connectivity index (χ1) is 12.1. The van der Waals surface area contributed by atoms with Crippen LogP contribution in [-0.2, 0) is 0 Å². The molecule has 4 rings (SSSR count). The highest BCUT2D eigenvalue weighted by molar-refractivity contribution is 7.17. The first kappa shape index (κ1) is 15.4. The Kier molecular flexibility index (Phi) is 3.52. The summed E-state index contributed by atoms with van der Waals surface area (Å²) in [5.74, 6) is -0.176. The number of nitrogens with one attached hydrogen (secondary N) is 1. The summed E-state index contributed by atoms with van der Waals surface area (Å²) in [6.45, 7) is 1.79. The molecule has 122 valence electrons. The molecule has 0 saturated carbocycles. The number of hydrogen-bond donors (Lipinski definition) is 2. The van der Waals surface area contributed by atoms with Crippen molar-refractivity contribution >= 4 is 32.3 Å². The summed E-state index contributed by atoms with van der Waals surface area (Å²) in [6.07, 6.45) is 1.65. The maximum atomic E-state index is 12.2. The molecule has 0 saturated heterocycles. The molecular formula is C19H13N3O2S. The predicted octanol–water partition coefficient (Wildman–Crippen LogP) is 4.14. The summed E-state index contributed by atoms with van der Waals surface area (Å²) in [5, 5.41) is 23.0. The molecule has 0 aliphatic carbocycles. The number of hydrogen-bond acceptors (Lipinski definition) is 5. The lowest BCUT2D eigenvalue weighted by atomic mass is 9.97. The minimum absolute atomic E-state index is 0.120. The van der Waals surface area contributed by atoms with Gasteiger partial charge in [0, 0.05) is 33.6 Å². The van der Waals surface area contributed by atoms with E-state index in [1.54, 1.807) is 31.3 Å². The average Bonchev–Trinajstić information content (AvgIpc) is 3.12. The topological polar surface area (TPSA) is 89.8 Å². The second kappa shape index (κ2) is 5.72. The molecule has 2 N–H and O–H groups in total. The minimum Gasteiger partial charge on any atom is -0.507 e. The van der Waals surface area contributed by atoms with Crippen LogP contribution in [0.3, 0.4) is 0 Å². The van der Waals surface area contributed by atoms with Crippen molar-refractivity contribution in [3.05, 3.63) is 58.0 Å². The fourth-order valence-electron chi connectivity index (χ4n) is 3.00. The Morgan fingerprint density at radius 1 is 1.28 bits per heavy atom. The average molecular weight is 347 g/mol. The zero-order valence-electron chi connectivity index (χ0n) is 13.3. The third kappa shape index (κ3) is 2.37. The number of benzene rings is 1. The summed E-state index contributed by atoms with van der Waals surface area (Å²) in [6, 6.07) is 10.9. The van der Waals surface area contributed by atoms with Crippen molar-refractivity contribution in [1.29, 1.82) is 5.26 Å². The number of rotatable bonds is 2. The van der Waals surface area contributed by atoms with E-state index in [1.165, 1.54) is 11.3 Å². The van der Waals surface area contributed by atoms with Gasteiger partial charge in [0.05, 0.1) is 17.7 Å². The Bertz CT molecular complexity index is 1200. The van der Waals surface area contributed by atoms with Crippen LogP contribution in [0, 0.1) is 11.3 Å². The lowest BCUT2D eigenvalue weighted by Gasteiger charge is -2.11. The van der Waals surface area contributed by atoms with Gasteiger partial charge in [-0.15, -0.1) is 11.3 Å². The maximum Gasteiger partial charge on any atom is 0.266 e. The summed E-state index contributed by atoms with van der Waals surface area (Å²) < 4.78 is 0.627. The highest BCUT2D eigenvalue weighted by atomic mass is 32.1. The van der Waals surface area contributed by atoms with E-state index in [0.29, 0.717) is 21.5 Å². The second-order valence-corrected chi connectivity index (χ2v) is 6.74. The summed E-state index contributed by atoms with van der Waals surface area (Å²) in [7, 11) is 0. The molecule has 1 atom stereocenters. The van der Waals surface area contributed by atoms with Gasteiger partial charge in [0.25, 0.3) is 5.56 Å². The molecule has 1 aromatic carbocycles. The standard InChI is InChI=1S/C19H13N3O2S/c1-10(8-20)13-3-2-11(9-21-13)16-15(23)5-4-14-17(16)12-6-7-25-18(12)19(24)22-14/h2-7,9-10,23H,1H3,(H,22,24). The zero-order chi connectivity index (χ0) is 17.6. The van der Waals surface area contributed by atoms with Gasteiger partial charge in [-0.3, -0.25) is 9.78 Å². The van der Waals surface area contributed by atoms with Crippen LogP contribution in [0.1, 0.15) is 18.5 Å². The summed E-state index contributed by atoms with van der Waals surface area (Å²) in [5.41, 5.74) is 2.57. The number of nitriles is 1. The van der Waals surface area contributed by atoms with Crippen molar-refractivity contribution in [2.75, 3.05) is 0 Å². The number of H-pyrrole nitrogens is 1. The molecule has 0 spiro atoms. The highest BCUT2D eigenvalue weighted by Crippen LogP contribution is 2.39. The monoisotopic (exact) mass is 347 g/mol. The molecular weight excluding hydrogens is 334 g/mol. The lowest BCUT2D eigenvalue weighted by Crippen LogP contribution is -2.04. The molecule has 1 unspecified atom stereocenters. The Morgan fingerprint density at radius 3 is 2.84 bits per heavy atom. The van der Waals surface area contributed by atoms with E-state index in [-0.39, 0.29) is 17.2 Å². The first-order valence-electron chi connectivity index (χ1n) is 7.71. The first-order valence-corrected chi connectivity index (χ1v) is 8.59. The fourth-order valence-corrected chi connectivity index (χ4v) is 3.80. The molecule has 0 radical (unpaired) electrons. The Morgan fingerprint density at radius 2 is 2.12 bits per heavy atom. The molecule has 0 aliphatic rings. The number of phenolic OH excluding ortho intramolecular Hbond substituents is 1. The summed E-state index contributed by atoms with van der Waals surface area (Å²) in [4.78, 5) is 19.4. The van der Waals surface area contributed by atoms with E-state index in [1.807, 2.05) is 17.5 Å². The largest absolute Gasteiger partial charge is 0.507 e. The molecule has 0 amide bonds. The number of phenols is 1. The van der Waals surface area contributed by atoms with Gasteiger partial charge < -0.3 is 10.1 Å². The molecule has 0 fully saturated rings. The zero-order valence-corrected chi connectivity index (χ0v) is 14.1. The Balaban J connectivity index is 2.04. The fraction of sp³-hybridized carbons (Fsp3) is 0.105. The number of thiophene rings is 1. The number of aromatic nitrogens is 2. The van der Waals surface area contributed by atoms with Gasteiger partial charge in [0.1, 0.15) is 10.4 Å². The highest BCUT2D eigenvalue weighted by Gasteiger charge is 2.16. The van der Waals surface area contributed by atoms with Crippen LogP contribution in [0.25, 0.3) is 32.1 Å². The van der Waals surface area contributed by atoms with Gasteiger partial charge in [-0.05, 0) is 36.6 Å². The normalized spacial score (nSPS) is 12.3. The molecule has 3 aromatic heterocycles. The number of pyridine rings is 2. The van der Waals surface area contributed by atoms with E-state index in [2.05, 4.69) is 16.0 Å². The number of fused-ring (bicyclic) bond motifs is 3. The molecule has 4 aromatic rings. The van der Waals surface area contributed by atoms with Crippen molar-refractivity contribution in [2.24, 2.45) is 0 Å². The van der Waals surface area contributed by atoms with Gasteiger partial charge in [0.15, 0.2) is 0 Å². The van der Waals surface area contributed by atoms with Crippen molar-refractivity contribution in [3.63, 3.8) is 0 Å². The molecule has 25 heavy (non-hydrogen) atoms. The van der Waals surface area contributed by atoms with Crippen LogP contribution in [0.5, 0.6) is 5.75 Å².